The smallest absolute Gasteiger partial charge is 0.420 e. The molecule has 4 heterocycles. The number of nitrogens with zero attached hydrogens (tertiary/aromatic N) is 3. The zero-order chi connectivity index (χ0) is 59.9. The van der Waals surface area contributed by atoms with Gasteiger partial charge in [0.25, 0.3) is 0 Å². The Morgan fingerprint density at radius 3 is 1.37 bits per heavy atom. The second kappa shape index (κ2) is 18.4. The highest BCUT2D eigenvalue weighted by Gasteiger charge is 2.53. The van der Waals surface area contributed by atoms with Gasteiger partial charge in [-0.05, 0) is 150 Å². The van der Waals surface area contributed by atoms with Crippen molar-refractivity contribution in [2.24, 2.45) is 0 Å². The lowest BCUT2D eigenvalue weighted by Gasteiger charge is -2.40. The van der Waals surface area contributed by atoms with Crippen molar-refractivity contribution < 1.29 is 22.0 Å². The molecule has 1 atom stereocenters. The zero-order valence-corrected chi connectivity index (χ0v) is 49.3. The van der Waals surface area contributed by atoms with Crippen LogP contribution in [0.4, 0.5) is 47.3 Å². The lowest BCUT2D eigenvalue weighted by Crippen LogP contribution is -2.34. The topological polar surface area (TPSA) is 37.7 Å². The minimum Gasteiger partial charge on any atom is -0.454 e. The summed E-state index contributed by atoms with van der Waals surface area (Å²) in [6.45, 7) is 10.7. The van der Waals surface area contributed by atoms with Crippen molar-refractivity contribution in [2.45, 2.75) is 46.2 Å². The molecule has 89 heavy (non-hydrogen) atoms. The summed E-state index contributed by atoms with van der Waals surface area (Å²) in [7, 11) is 0. The van der Waals surface area contributed by atoms with Gasteiger partial charge in [-0.1, -0.05) is 193 Å². The second-order valence-corrected chi connectivity index (χ2v) is 24.4. The van der Waals surface area contributed by atoms with Crippen LogP contribution in [-0.4, -0.2) is 4.57 Å². The van der Waals surface area contributed by atoms with E-state index in [9.17, 15) is 0 Å². The third-order valence-corrected chi connectivity index (χ3v) is 19.4. The van der Waals surface area contributed by atoms with E-state index in [0.717, 1.165) is 161 Å². The highest BCUT2D eigenvalue weighted by atomic mass is 19.4. The Balaban J connectivity index is 1.03. The number of aromatic nitrogens is 1. The lowest BCUT2D eigenvalue weighted by atomic mass is 9.65. The van der Waals surface area contributed by atoms with E-state index in [4.69, 9.17) is 8.83 Å². The maximum absolute atomic E-state index is 15.1. The predicted molar refractivity (Wildman–Crippen MR) is 359 cm³/mol. The predicted octanol–water partition coefficient (Wildman–Crippen LogP) is 23.1. The monoisotopic (exact) mass is 1160 g/mol. The quantitative estimate of drug-likeness (QED) is 0.166. The molecule has 0 amide bonds. The van der Waals surface area contributed by atoms with Crippen molar-refractivity contribution in [2.75, 3.05) is 9.80 Å². The van der Waals surface area contributed by atoms with E-state index in [1.165, 1.54) is 11.6 Å². The molecule has 0 bridgehead atoms. The number of alkyl halides is 3. The first kappa shape index (κ1) is 51.4. The molecule has 0 saturated carbocycles. The number of hydrogen-bond donors (Lipinski definition) is 0. The molecule has 2 aliphatic rings. The average molecular weight is 1160 g/mol. The number of hydrogen-bond acceptors (Lipinski definition) is 4. The summed E-state index contributed by atoms with van der Waals surface area (Å²) >= 11 is 0. The molecule has 0 radical (unpaired) electrons. The molecule has 3 aromatic heterocycles. The highest BCUT2D eigenvalue weighted by molar-refractivity contribution is 6.22. The molecule has 5 nitrogen and oxygen atoms in total. The van der Waals surface area contributed by atoms with E-state index in [2.05, 4.69) is 249 Å². The van der Waals surface area contributed by atoms with Gasteiger partial charge in [0.1, 0.15) is 11.2 Å². The number of aryl methyl sites for hydroxylation is 5. The summed E-state index contributed by atoms with van der Waals surface area (Å²) in [6, 6.07) is 83.3. The standard InChI is InChI=1S/C81H54F3N3O2/c1-45-37-39-65(48(4)41-45)85(69-35-17-28-58-56-26-14-19-47(3)76(56)88-78(58)69)71-43-63-73(53-23-8-6-20-50(53)71)74-54-24-9-7-21-51(54)72(44-64(74)80(63)60-30-11-13-34-68(60)87-67-33-12-10-22-52(67)55-25-15-31-61(80)75(55)87)86(66-40-38-46(2)42-49(66)5)70-36-18-29-59-57-27-16-32-62(81(82,83)84)77(57)89-79(59)70/h6-44H,1-5H3. The van der Waals surface area contributed by atoms with Crippen LogP contribution in [0.3, 0.4) is 0 Å². The Morgan fingerprint density at radius 2 is 0.787 bits per heavy atom. The summed E-state index contributed by atoms with van der Waals surface area (Å²) in [5.41, 5.74) is 20.8. The van der Waals surface area contributed by atoms with E-state index in [1.807, 2.05) is 18.2 Å². The summed E-state index contributed by atoms with van der Waals surface area (Å²) < 4.78 is 61.5. The van der Waals surface area contributed by atoms with Crippen LogP contribution in [0.15, 0.2) is 245 Å². The Kier molecular flexibility index (Phi) is 10.6. The maximum Gasteiger partial charge on any atom is 0.420 e. The van der Waals surface area contributed by atoms with Gasteiger partial charge in [-0.2, -0.15) is 13.2 Å². The normalized spacial score (nSPS) is 14.3. The van der Waals surface area contributed by atoms with Crippen molar-refractivity contribution in [1.82, 2.24) is 4.57 Å². The molecule has 1 spiro atoms. The van der Waals surface area contributed by atoms with Crippen molar-refractivity contribution in [3.63, 3.8) is 0 Å². The maximum atomic E-state index is 15.1. The Labute approximate surface area is 510 Å². The fourth-order valence-electron chi connectivity index (χ4n) is 15.9. The molecule has 1 aliphatic heterocycles. The minimum atomic E-state index is -4.65. The van der Waals surface area contributed by atoms with Gasteiger partial charge in [-0.25, -0.2) is 0 Å². The van der Waals surface area contributed by atoms with Gasteiger partial charge in [0.2, 0.25) is 0 Å². The number of anilines is 6. The van der Waals surface area contributed by atoms with E-state index in [-0.39, 0.29) is 5.58 Å². The van der Waals surface area contributed by atoms with Gasteiger partial charge in [0, 0.05) is 54.5 Å². The molecular weight excluding hydrogens is 1100 g/mol. The summed E-state index contributed by atoms with van der Waals surface area (Å²) in [5.74, 6) is 0. The third-order valence-electron chi connectivity index (χ3n) is 19.4. The zero-order valence-electron chi connectivity index (χ0n) is 49.3. The van der Waals surface area contributed by atoms with Crippen molar-refractivity contribution in [1.29, 1.82) is 0 Å². The van der Waals surface area contributed by atoms with Crippen LogP contribution in [0.2, 0.25) is 0 Å². The fraction of sp³-hybridized carbons (Fsp3) is 0.0864. The van der Waals surface area contributed by atoms with Crippen molar-refractivity contribution in [3.8, 4) is 16.8 Å². The molecule has 0 fully saturated rings. The Bertz CT molecular complexity index is 5780. The second-order valence-electron chi connectivity index (χ2n) is 24.4. The number of benzene rings is 13. The van der Waals surface area contributed by atoms with Crippen LogP contribution in [0, 0.1) is 34.6 Å². The molecule has 8 heteroatoms. The van der Waals surface area contributed by atoms with Gasteiger partial charge in [0.05, 0.1) is 50.4 Å². The van der Waals surface area contributed by atoms with E-state index in [1.54, 1.807) is 6.07 Å². The number of para-hydroxylation sites is 7. The van der Waals surface area contributed by atoms with Crippen molar-refractivity contribution >= 4 is 121 Å². The number of rotatable bonds is 6. The van der Waals surface area contributed by atoms with Gasteiger partial charge >= 0.3 is 6.18 Å². The highest BCUT2D eigenvalue weighted by Crippen LogP contribution is 2.66. The third kappa shape index (κ3) is 6.91. The largest absolute Gasteiger partial charge is 0.454 e. The first-order valence-electron chi connectivity index (χ1n) is 30.3. The van der Waals surface area contributed by atoms with Gasteiger partial charge < -0.3 is 23.2 Å². The van der Waals surface area contributed by atoms with Gasteiger partial charge in [0.15, 0.2) is 11.2 Å². The van der Waals surface area contributed by atoms with E-state index in [0.29, 0.717) is 22.0 Å². The van der Waals surface area contributed by atoms with Crippen LogP contribution in [0.5, 0.6) is 0 Å². The molecular formula is C81H54F3N3O2. The van der Waals surface area contributed by atoms with E-state index < -0.39 is 17.2 Å². The Hall–Kier alpha value is -10.8. The molecule has 13 aromatic carbocycles. The molecule has 0 N–H and O–H groups in total. The summed E-state index contributed by atoms with van der Waals surface area (Å²) in [6.07, 6.45) is -4.65. The van der Waals surface area contributed by atoms with Crippen LogP contribution in [-0.2, 0) is 11.6 Å². The minimum absolute atomic E-state index is 0.192. The lowest BCUT2D eigenvalue weighted by molar-refractivity contribution is -0.136. The summed E-state index contributed by atoms with van der Waals surface area (Å²) in [5, 5.41) is 9.57. The van der Waals surface area contributed by atoms with Gasteiger partial charge in [-0.3, -0.25) is 0 Å². The van der Waals surface area contributed by atoms with Crippen molar-refractivity contribution in [3.05, 3.63) is 292 Å². The number of halogens is 3. The van der Waals surface area contributed by atoms with Crippen LogP contribution in [0.1, 0.15) is 55.6 Å². The first-order chi connectivity index (χ1) is 43.4. The molecule has 16 aromatic rings. The SMILES string of the molecule is Cc1ccc(N(c2cc3c(c4ccccc24)-c2c(cc(N(c4ccc(C)cc4C)c4cccc5c4oc4c(C(F)(F)F)cccc45)c4ccccc24)C32c3ccccc3-n3c4ccccc4c4cccc2c43)c2cccc3c2oc2c(C)cccc23)c(C)c1. The molecule has 0 saturated heterocycles. The van der Waals surface area contributed by atoms with E-state index >= 15 is 13.2 Å². The first-order valence-corrected chi connectivity index (χ1v) is 30.3. The Morgan fingerprint density at radius 1 is 0.337 bits per heavy atom. The summed E-state index contributed by atoms with van der Waals surface area (Å²) in [4.78, 5) is 4.70. The van der Waals surface area contributed by atoms with Crippen LogP contribution < -0.4 is 9.80 Å². The van der Waals surface area contributed by atoms with Gasteiger partial charge in [-0.15, -0.1) is 0 Å². The molecule has 18 rings (SSSR count). The average Bonchev–Trinajstić information content (AvgIpc) is 1.51. The van der Waals surface area contributed by atoms with Crippen LogP contribution in [0.25, 0.3) is 104 Å². The molecule has 1 unspecified atom stereocenters. The molecule has 426 valence electrons. The number of furan rings is 2. The number of fused-ring (bicyclic) bond motifs is 22. The molecule has 1 aliphatic carbocycles. The van der Waals surface area contributed by atoms with Crippen LogP contribution >= 0.6 is 0 Å². The fourth-order valence-corrected chi connectivity index (χ4v) is 15.9.